The normalized spacial score (nSPS) is 11.3. The number of aryl methyl sites for hydroxylation is 1. The first-order valence-corrected chi connectivity index (χ1v) is 10.0. The van der Waals surface area contributed by atoms with Crippen LogP contribution in [0.15, 0.2) is 22.7 Å². The van der Waals surface area contributed by atoms with E-state index in [2.05, 4.69) is 40.2 Å². The van der Waals surface area contributed by atoms with Gasteiger partial charge in [-0.25, -0.2) is 0 Å². The summed E-state index contributed by atoms with van der Waals surface area (Å²) in [7, 11) is 3.15. The molecule has 0 aliphatic rings. The first kappa shape index (κ1) is 22.3. The second kappa shape index (κ2) is 9.98. The van der Waals surface area contributed by atoms with Gasteiger partial charge in [-0.2, -0.15) is 5.10 Å². The number of halogens is 2. The number of methoxy groups -OCH3 is 2. The molecule has 1 aromatic carbocycles. The van der Waals surface area contributed by atoms with Crippen LogP contribution in [0.4, 0.5) is 0 Å². The first-order chi connectivity index (χ1) is 13.3. The molecule has 0 fully saturated rings. The minimum Gasteiger partial charge on any atom is -0.493 e. The minimum atomic E-state index is -0.228. The van der Waals surface area contributed by atoms with Gasteiger partial charge in [0.2, 0.25) is 5.91 Å². The Morgan fingerprint density at radius 1 is 1.32 bits per heavy atom. The van der Waals surface area contributed by atoms with Gasteiger partial charge in [-0.3, -0.25) is 9.48 Å². The van der Waals surface area contributed by atoms with Crippen molar-refractivity contribution in [3.63, 3.8) is 0 Å². The van der Waals surface area contributed by atoms with E-state index in [1.165, 1.54) is 6.08 Å². The van der Waals surface area contributed by atoms with Gasteiger partial charge in [0.25, 0.3) is 0 Å². The molecule has 6 nitrogen and oxygen atoms in total. The average Bonchev–Trinajstić information content (AvgIpc) is 2.91. The van der Waals surface area contributed by atoms with Crippen LogP contribution in [0.1, 0.15) is 30.7 Å². The van der Waals surface area contributed by atoms with Crippen LogP contribution in [0, 0.1) is 12.8 Å². The van der Waals surface area contributed by atoms with E-state index in [0.717, 1.165) is 27.8 Å². The maximum atomic E-state index is 12.2. The number of nitrogens with zero attached hydrogens (tertiary/aromatic N) is 2. The largest absolute Gasteiger partial charge is 0.493 e. The van der Waals surface area contributed by atoms with E-state index in [1.54, 1.807) is 25.0 Å². The molecule has 2 rings (SSSR count). The highest BCUT2D eigenvalue weighted by atomic mass is 79.9. The number of hydrogen-bond donors (Lipinski definition) is 1. The molecule has 8 heteroatoms. The van der Waals surface area contributed by atoms with Crippen molar-refractivity contribution >= 4 is 39.5 Å². The summed E-state index contributed by atoms with van der Waals surface area (Å²) in [4.78, 5) is 12.2. The van der Waals surface area contributed by atoms with Crippen molar-refractivity contribution in [3.8, 4) is 11.5 Å². The van der Waals surface area contributed by atoms with E-state index in [4.69, 9.17) is 21.1 Å². The van der Waals surface area contributed by atoms with Gasteiger partial charge in [0, 0.05) is 29.2 Å². The van der Waals surface area contributed by atoms with Crippen molar-refractivity contribution in [1.29, 1.82) is 0 Å². The lowest BCUT2D eigenvalue weighted by atomic mass is 10.2. The van der Waals surface area contributed by atoms with Gasteiger partial charge < -0.3 is 14.8 Å². The molecule has 0 spiro atoms. The van der Waals surface area contributed by atoms with Gasteiger partial charge in [-0.05, 0) is 36.6 Å². The van der Waals surface area contributed by atoms with Gasteiger partial charge in [0.05, 0.1) is 19.9 Å². The quantitative estimate of drug-likeness (QED) is 0.572. The monoisotopic (exact) mass is 469 g/mol. The molecule has 0 aliphatic heterocycles. The smallest absolute Gasteiger partial charge is 0.244 e. The number of rotatable bonds is 8. The Labute approximate surface area is 179 Å². The molecule has 1 aromatic heterocycles. The van der Waals surface area contributed by atoms with Crippen molar-refractivity contribution in [2.45, 2.75) is 33.9 Å². The molecule has 0 aliphatic carbocycles. The van der Waals surface area contributed by atoms with E-state index in [1.807, 2.05) is 19.1 Å². The molecule has 28 heavy (non-hydrogen) atoms. The molecular formula is C20H25BrClN3O3. The third-order valence-corrected chi connectivity index (χ3v) is 5.19. The Morgan fingerprint density at radius 2 is 1.96 bits per heavy atom. The van der Waals surface area contributed by atoms with Gasteiger partial charge in [0.15, 0.2) is 11.5 Å². The fraction of sp³-hybridized carbons (Fsp3) is 0.400. The zero-order valence-electron chi connectivity index (χ0n) is 16.7. The predicted molar refractivity (Wildman–Crippen MR) is 115 cm³/mol. The number of carbonyl (C=O) groups excluding carboxylic acids is 1. The molecule has 0 bridgehead atoms. The summed E-state index contributed by atoms with van der Waals surface area (Å²) in [6, 6.07) is 3.63. The molecule has 2 aromatic rings. The number of hydrogen-bond acceptors (Lipinski definition) is 4. The van der Waals surface area contributed by atoms with E-state index < -0.39 is 0 Å². The topological polar surface area (TPSA) is 65.4 Å². The van der Waals surface area contributed by atoms with Gasteiger partial charge in [0.1, 0.15) is 5.15 Å². The van der Waals surface area contributed by atoms with Crippen LogP contribution in [0.3, 0.4) is 0 Å². The molecule has 1 amide bonds. The SMILES string of the molecule is COc1cc(Br)c(CNC(=O)C=Cc2c(C)nn(CC(C)C)c2Cl)cc1OC. The van der Waals surface area contributed by atoms with Gasteiger partial charge in [-0.15, -0.1) is 0 Å². The van der Waals surface area contributed by atoms with Crippen LogP contribution >= 0.6 is 27.5 Å². The number of nitrogens with one attached hydrogen (secondary N) is 1. The molecular weight excluding hydrogens is 446 g/mol. The Hall–Kier alpha value is -1.99. The maximum absolute atomic E-state index is 12.2. The van der Waals surface area contributed by atoms with Crippen molar-refractivity contribution in [2.24, 2.45) is 5.92 Å². The molecule has 1 heterocycles. The summed E-state index contributed by atoms with van der Waals surface area (Å²) >= 11 is 9.88. The molecule has 152 valence electrons. The lowest BCUT2D eigenvalue weighted by Crippen LogP contribution is -2.20. The molecule has 0 saturated carbocycles. The second-order valence-electron chi connectivity index (χ2n) is 6.72. The number of carbonyl (C=O) groups is 1. The highest BCUT2D eigenvalue weighted by Gasteiger charge is 2.13. The van der Waals surface area contributed by atoms with Crippen LogP contribution in [-0.2, 0) is 17.9 Å². The van der Waals surface area contributed by atoms with Crippen molar-refractivity contribution in [3.05, 3.63) is 44.7 Å². The van der Waals surface area contributed by atoms with E-state index in [-0.39, 0.29) is 5.91 Å². The summed E-state index contributed by atoms with van der Waals surface area (Å²) in [6.45, 7) is 7.14. The molecule has 0 atom stereocenters. The maximum Gasteiger partial charge on any atom is 0.244 e. The third kappa shape index (κ3) is 5.52. The van der Waals surface area contributed by atoms with E-state index in [9.17, 15) is 4.79 Å². The van der Waals surface area contributed by atoms with Crippen molar-refractivity contribution < 1.29 is 14.3 Å². The minimum absolute atomic E-state index is 0.228. The number of amides is 1. The number of benzene rings is 1. The standard InChI is InChI=1S/C20H25BrClN3O3/c1-12(2)11-25-20(22)15(13(3)24-25)6-7-19(26)23-10-14-8-17(27-4)18(28-5)9-16(14)21/h6-9,12H,10-11H2,1-5H3,(H,23,26). The van der Waals surface area contributed by atoms with E-state index >= 15 is 0 Å². The lowest BCUT2D eigenvalue weighted by molar-refractivity contribution is -0.116. The van der Waals surface area contributed by atoms with Crippen molar-refractivity contribution in [1.82, 2.24) is 15.1 Å². The zero-order chi connectivity index (χ0) is 20.8. The van der Waals surface area contributed by atoms with Crippen LogP contribution in [-0.4, -0.2) is 29.9 Å². The van der Waals surface area contributed by atoms with Gasteiger partial charge >= 0.3 is 0 Å². The Morgan fingerprint density at radius 3 is 2.57 bits per heavy atom. The molecule has 1 N–H and O–H groups in total. The average molecular weight is 471 g/mol. The number of aromatic nitrogens is 2. The van der Waals surface area contributed by atoms with Crippen LogP contribution in [0.2, 0.25) is 5.15 Å². The third-order valence-electron chi connectivity index (χ3n) is 4.05. The lowest BCUT2D eigenvalue weighted by Gasteiger charge is -2.12. The second-order valence-corrected chi connectivity index (χ2v) is 7.93. The van der Waals surface area contributed by atoms with Crippen LogP contribution in [0.5, 0.6) is 11.5 Å². The van der Waals surface area contributed by atoms with E-state index in [0.29, 0.717) is 29.1 Å². The predicted octanol–water partition coefficient (Wildman–Crippen LogP) is 4.61. The van der Waals surface area contributed by atoms with Gasteiger partial charge in [-0.1, -0.05) is 41.4 Å². The first-order valence-electron chi connectivity index (χ1n) is 8.86. The Kier molecular flexibility index (Phi) is 7.95. The van der Waals surface area contributed by atoms with Crippen molar-refractivity contribution in [2.75, 3.05) is 14.2 Å². The zero-order valence-corrected chi connectivity index (χ0v) is 19.0. The number of ether oxygens (including phenoxy) is 2. The summed E-state index contributed by atoms with van der Waals surface area (Å²) < 4.78 is 13.1. The van der Waals surface area contributed by atoms with Crippen LogP contribution in [0.25, 0.3) is 6.08 Å². The summed E-state index contributed by atoms with van der Waals surface area (Å²) in [5, 5.41) is 7.83. The van der Waals surface area contributed by atoms with Crippen LogP contribution < -0.4 is 14.8 Å². The highest BCUT2D eigenvalue weighted by Crippen LogP contribution is 2.33. The Bertz CT molecular complexity index is 878. The fourth-order valence-corrected chi connectivity index (χ4v) is 3.42. The molecule has 0 saturated heterocycles. The Balaban J connectivity index is 2.06. The summed E-state index contributed by atoms with van der Waals surface area (Å²) in [5.41, 5.74) is 2.42. The molecule has 0 radical (unpaired) electrons. The molecule has 0 unspecified atom stereocenters. The highest BCUT2D eigenvalue weighted by molar-refractivity contribution is 9.10. The fourth-order valence-electron chi connectivity index (χ4n) is 2.66. The summed E-state index contributed by atoms with van der Waals surface area (Å²) in [5.74, 6) is 1.42. The summed E-state index contributed by atoms with van der Waals surface area (Å²) in [6.07, 6.45) is 3.16.